The lowest BCUT2D eigenvalue weighted by atomic mass is 10.0. The van der Waals surface area contributed by atoms with E-state index in [9.17, 15) is 0 Å². The predicted molar refractivity (Wildman–Crippen MR) is 97.1 cm³/mol. The first-order valence-corrected chi connectivity index (χ1v) is 7.79. The van der Waals surface area contributed by atoms with Crippen LogP contribution in [-0.2, 0) is 0 Å². The minimum absolute atomic E-state index is 0.0256. The quantitative estimate of drug-likeness (QED) is 0.729. The van der Waals surface area contributed by atoms with Crippen LogP contribution in [0.2, 0.25) is 0 Å². The summed E-state index contributed by atoms with van der Waals surface area (Å²) in [5.41, 5.74) is 4.05. The van der Waals surface area contributed by atoms with Crippen LogP contribution in [0.4, 0.5) is 5.69 Å². The van der Waals surface area contributed by atoms with Crippen molar-refractivity contribution < 1.29 is 4.74 Å². The standard InChI is InChI=1S/C20H22N2O/c1-20(2,3)22-19-13-17(14-8-6-5-7-9-14)21-18-12-15(23-4)10-11-16(18)19/h5-13H,1-4H3,(H,21,22). The summed E-state index contributed by atoms with van der Waals surface area (Å²) in [6.07, 6.45) is 0. The number of methoxy groups -OCH3 is 1. The molecular formula is C20H22N2O. The number of hydrogen-bond acceptors (Lipinski definition) is 3. The maximum Gasteiger partial charge on any atom is 0.121 e. The van der Waals surface area contributed by atoms with Gasteiger partial charge in [-0.3, -0.25) is 0 Å². The van der Waals surface area contributed by atoms with Gasteiger partial charge in [-0.15, -0.1) is 0 Å². The first-order valence-electron chi connectivity index (χ1n) is 7.79. The van der Waals surface area contributed by atoms with Crippen molar-refractivity contribution in [3.63, 3.8) is 0 Å². The molecule has 0 bridgehead atoms. The molecule has 1 N–H and O–H groups in total. The Hall–Kier alpha value is -2.55. The summed E-state index contributed by atoms with van der Waals surface area (Å²) in [5, 5.41) is 4.69. The van der Waals surface area contributed by atoms with Crippen LogP contribution in [0.3, 0.4) is 0 Å². The van der Waals surface area contributed by atoms with Crippen molar-refractivity contribution in [1.82, 2.24) is 4.98 Å². The van der Waals surface area contributed by atoms with E-state index in [0.29, 0.717) is 0 Å². The molecule has 0 aliphatic heterocycles. The van der Waals surface area contributed by atoms with Crippen LogP contribution in [0.15, 0.2) is 54.6 Å². The maximum atomic E-state index is 5.35. The van der Waals surface area contributed by atoms with Gasteiger partial charge in [0.1, 0.15) is 5.75 Å². The number of ether oxygens (including phenoxy) is 1. The van der Waals surface area contributed by atoms with Gasteiger partial charge in [0, 0.05) is 28.2 Å². The molecule has 0 saturated carbocycles. The van der Waals surface area contributed by atoms with Gasteiger partial charge in [0.05, 0.1) is 18.3 Å². The lowest BCUT2D eigenvalue weighted by molar-refractivity contribution is 0.415. The van der Waals surface area contributed by atoms with E-state index in [2.05, 4.69) is 50.4 Å². The van der Waals surface area contributed by atoms with Crippen molar-refractivity contribution in [3.8, 4) is 17.0 Å². The zero-order chi connectivity index (χ0) is 16.4. The Morgan fingerprint density at radius 2 is 1.70 bits per heavy atom. The second kappa shape index (κ2) is 5.92. The van der Waals surface area contributed by atoms with E-state index >= 15 is 0 Å². The van der Waals surface area contributed by atoms with Crippen molar-refractivity contribution in [2.24, 2.45) is 0 Å². The number of hydrogen-bond donors (Lipinski definition) is 1. The molecule has 3 aromatic rings. The van der Waals surface area contributed by atoms with Crippen molar-refractivity contribution in [1.29, 1.82) is 0 Å². The molecule has 1 aromatic heterocycles. The highest BCUT2D eigenvalue weighted by Crippen LogP contribution is 2.32. The third-order valence-corrected chi connectivity index (χ3v) is 3.60. The minimum Gasteiger partial charge on any atom is -0.497 e. The monoisotopic (exact) mass is 306 g/mol. The highest BCUT2D eigenvalue weighted by atomic mass is 16.5. The number of nitrogens with zero attached hydrogens (tertiary/aromatic N) is 1. The lowest BCUT2D eigenvalue weighted by Crippen LogP contribution is -2.26. The molecule has 0 radical (unpaired) electrons. The molecule has 0 amide bonds. The van der Waals surface area contributed by atoms with E-state index in [1.165, 1.54) is 0 Å². The number of fused-ring (bicyclic) bond motifs is 1. The van der Waals surface area contributed by atoms with Crippen LogP contribution < -0.4 is 10.1 Å². The molecule has 3 rings (SSSR count). The third-order valence-electron chi connectivity index (χ3n) is 3.60. The fourth-order valence-corrected chi connectivity index (χ4v) is 2.60. The van der Waals surface area contributed by atoms with Gasteiger partial charge < -0.3 is 10.1 Å². The second-order valence-electron chi connectivity index (χ2n) is 6.68. The molecule has 0 fully saturated rings. The van der Waals surface area contributed by atoms with Gasteiger partial charge in [-0.1, -0.05) is 30.3 Å². The van der Waals surface area contributed by atoms with Crippen molar-refractivity contribution in [2.75, 3.05) is 12.4 Å². The third kappa shape index (κ3) is 3.45. The van der Waals surface area contributed by atoms with E-state index < -0.39 is 0 Å². The minimum atomic E-state index is -0.0256. The van der Waals surface area contributed by atoms with Crippen LogP contribution in [0.25, 0.3) is 22.2 Å². The van der Waals surface area contributed by atoms with Gasteiger partial charge in [-0.25, -0.2) is 4.98 Å². The molecule has 2 aromatic carbocycles. The Morgan fingerprint density at radius 1 is 0.957 bits per heavy atom. The van der Waals surface area contributed by atoms with Crippen LogP contribution in [-0.4, -0.2) is 17.6 Å². The van der Waals surface area contributed by atoms with Crippen LogP contribution in [0, 0.1) is 0 Å². The summed E-state index contributed by atoms with van der Waals surface area (Å²) in [7, 11) is 1.68. The first kappa shape index (κ1) is 15.3. The maximum absolute atomic E-state index is 5.35. The normalized spacial score (nSPS) is 11.5. The lowest BCUT2D eigenvalue weighted by Gasteiger charge is -2.24. The highest BCUT2D eigenvalue weighted by molar-refractivity contribution is 5.94. The van der Waals surface area contributed by atoms with Gasteiger partial charge in [0.15, 0.2) is 0 Å². The van der Waals surface area contributed by atoms with Crippen LogP contribution in [0.5, 0.6) is 5.75 Å². The summed E-state index contributed by atoms with van der Waals surface area (Å²) < 4.78 is 5.35. The predicted octanol–water partition coefficient (Wildman–Crippen LogP) is 5.12. The zero-order valence-electron chi connectivity index (χ0n) is 14.1. The molecule has 0 aliphatic carbocycles. The van der Waals surface area contributed by atoms with Gasteiger partial charge in [-0.2, -0.15) is 0 Å². The number of nitrogens with one attached hydrogen (secondary N) is 1. The Morgan fingerprint density at radius 3 is 2.35 bits per heavy atom. The van der Waals surface area contributed by atoms with Gasteiger partial charge in [0.2, 0.25) is 0 Å². The Labute approximate surface area is 137 Å². The average molecular weight is 306 g/mol. The van der Waals surface area contributed by atoms with Crippen LogP contribution in [0.1, 0.15) is 20.8 Å². The Kier molecular flexibility index (Phi) is 3.95. The summed E-state index contributed by atoms with van der Waals surface area (Å²) in [5.74, 6) is 0.817. The summed E-state index contributed by atoms with van der Waals surface area (Å²) >= 11 is 0. The topological polar surface area (TPSA) is 34.1 Å². The molecule has 0 spiro atoms. The van der Waals surface area contributed by atoms with E-state index in [-0.39, 0.29) is 5.54 Å². The van der Waals surface area contributed by atoms with Crippen molar-refractivity contribution >= 4 is 16.6 Å². The summed E-state index contributed by atoms with van der Waals surface area (Å²) in [6.45, 7) is 6.47. The summed E-state index contributed by atoms with van der Waals surface area (Å²) in [6, 6.07) is 18.4. The van der Waals surface area contributed by atoms with Crippen molar-refractivity contribution in [2.45, 2.75) is 26.3 Å². The van der Waals surface area contributed by atoms with Gasteiger partial charge >= 0.3 is 0 Å². The second-order valence-corrected chi connectivity index (χ2v) is 6.68. The van der Waals surface area contributed by atoms with E-state index in [0.717, 1.165) is 33.6 Å². The highest BCUT2D eigenvalue weighted by Gasteiger charge is 2.14. The Bertz CT molecular complexity index is 820. The average Bonchev–Trinajstić information content (AvgIpc) is 2.53. The van der Waals surface area contributed by atoms with E-state index in [1.54, 1.807) is 7.11 Å². The molecule has 0 saturated heterocycles. The molecule has 3 heteroatoms. The molecule has 0 unspecified atom stereocenters. The fourth-order valence-electron chi connectivity index (χ4n) is 2.60. The number of anilines is 1. The number of pyridine rings is 1. The van der Waals surface area contributed by atoms with Gasteiger partial charge in [-0.05, 0) is 39.0 Å². The van der Waals surface area contributed by atoms with Gasteiger partial charge in [0.25, 0.3) is 0 Å². The molecule has 0 atom stereocenters. The fraction of sp³-hybridized carbons (Fsp3) is 0.250. The van der Waals surface area contributed by atoms with Crippen LogP contribution >= 0.6 is 0 Å². The summed E-state index contributed by atoms with van der Waals surface area (Å²) in [4.78, 5) is 4.82. The molecule has 118 valence electrons. The molecule has 1 heterocycles. The number of rotatable bonds is 3. The molecule has 0 aliphatic rings. The van der Waals surface area contributed by atoms with E-state index in [4.69, 9.17) is 9.72 Å². The largest absolute Gasteiger partial charge is 0.497 e. The Balaban J connectivity index is 2.22. The first-order chi connectivity index (χ1) is 11.0. The number of aromatic nitrogens is 1. The molecular weight excluding hydrogens is 284 g/mol. The number of benzene rings is 2. The van der Waals surface area contributed by atoms with Crippen molar-refractivity contribution in [3.05, 3.63) is 54.6 Å². The molecule has 23 heavy (non-hydrogen) atoms. The zero-order valence-corrected chi connectivity index (χ0v) is 14.1. The molecule has 3 nitrogen and oxygen atoms in total. The van der Waals surface area contributed by atoms with E-state index in [1.807, 2.05) is 30.3 Å². The smallest absolute Gasteiger partial charge is 0.121 e. The SMILES string of the molecule is COc1ccc2c(NC(C)(C)C)cc(-c3ccccc3)nc2c1.